The summed E-state index contributed by atoms with van der Waals surface area (Å²) < 4.78 is 18.1. The van der Waals surface area contributed by atoms with Crippen molar-refractivity contribution in [1.29, 1.82) is 0 Å². The third-order valence-electron chi connectivity index (χ3n) is 3.88. The van der Waals surface area contributed by atoms with Gasteiger partial charge in [0.25, 0.3) is 0 Å². The van der Waals surface area contributed by atoms with Crippen LogP contribution in [0.25, 0.3) is 0 Å². The molecule has 0 heterocycles. The van der Waals surface area contributed by atoms with Gasteiger partial charge >= 0.3 is 12.1 Å². The van der Waals surface area contributed by atoms with Gasteiger partial charge in [0.2, 0.25) is 0 Å². The molecule has 0 spiro atoms. The molecule has 23 heavy (non-hydrogen) atoms. The number of carboxylic acids is 1. The van der Waals surface area contributed by atoms with Crippen LogP contribution in [0.5, 0.6) is 0 Å². The molecule has 1 unspecified atom stereocenters. The summed E-state index contributed by atoms with van der Waals surface area (Å²) >= 11 is 0. The largest absolute Gasteiger partial charge is 0.480 e. The molecule has 1 fully saturated rings. The van der Waals surface area contributed by atoms with E-state index in [1.807, 2.05) is 0 Å². The molecule has 0 aromatic heterocycles. The number of hydrogen-bond donors (Lipinski definition) is 2. The number of aliphatic carboxylic acids is 1. The predicted octanol–water partition coefficient (Wildman–Crippen LogP) is 3.13. The van der Waals surface area contributed by atoms with Gasteiger partial charge in [-0.05, 0) is 57.7 Å². The zero-order valence-electron chi connectivity index (χ0n) is 13.6. The van der Waals surface area contributed by atoms with Crippen LogP contribution >= 0.6 is 0 Å². The Kier molecular flexibility index (Phi) is 4.63. The second-order valence-corrected chi connectivity index (χ2v) is 7.08. The van der Waals surface area contributed by atoms with E-state index in [4.69, 9.17) is 4.74 Å². The van der Waals surface area contributed by atoms with Gasteiger partial charge in [0.05, 0.1) is 0 Å². The zero-order valence-corrected chi connectivity index (χ0v) is 13.6. The molecule has 6 heteroatoms. The third-order valence-corrected chi connectivity index (χ3v) is 3.88. The number of hydrogen-bond acceptors (Lipinski definition) is 3. The molecule has 1 aliphatic carbocycles. The summed E-state index contributed by atoms with van der Waals surface area (Å²) in [5.41, 5.74) is -0.386. The van der Waals surface area contributed by atoms with Crippen molar-refractivity contribution in [2.24, 2.45) is 5.41 Å². The quantitative estimate of drug-likeness (QED) is 0.873. The van der Waals surface area contributed by atoms with Gasteiger partial charge in [0.15, 0.2) is 0 Å². The Morgan fingerprint density at radius 1 is 1.30 bits per heavy atom. The van der Waals surface area contributed by atoms with Crippen molar-refractivity contribution >= 4 is 12.1 Å². The maximum absolute atomic E-state index is 13.0. The molecule has 0 aliphatic heterocycles. The molecular formula is C17H22FNO4. The van der Waals surface area contributed by atoms with Gasteiger partial charge in [0.1, 0.15) is 17.5 Å². The number of halogens is 1. The molecule has 1 aromatic rings. The van der Waals surface area contributed by atoms with Gasteiger partial charge in [0, 0.05) is 5.41 Å². The molecule has 0 radical (unpaired) electrons. The van der Waals surface area contributed by atoms with Crippen LogP contribution < -0.4 is 5.32 Å². The van der Waals surface area contributed by atoms with E-state index >= 15 is 0 Å². The van der Waals surface area contributed by atoms with Gasteiger partial charge in [-0.2, -0.15) is 0 Å². The summed E-state index contributed by atoms with van der Waals surface area (Å²) in [6, 6.07) is 4.96. The van der Waals surface area contributed by atoms with Crippen LogP contribution in [0.1, 0.15) is 39.2 Å². The molecule has 126 valence electrons. The molecule has 1 aromatic carbocycles. The maximum atomic E-state index is 13.0. The van der Waals surface area contributed by atoms with Crippen LogP contribution in [0, 0.1) is 11.2 Å². The van der Waals surface area contributed by atoms with Crippen molar-refractivity contribution in [2.75, 3.05) is 0 Å². The van der Waals surface area contributed by atoms with Crippen LogP contribution in [-0.2, 0) is 16.0 Å². The molecule has 0 bridgehead atoms. The molecular weight excluding hydrogens is 301 g/mol. The smallest absolute Gasteiger partial charge is 0.408 e. The van der Waals surface area contributed by atoms with E-state index in [-0.39, 0.29) is 5.82 Å². The summed E-state index contributed by atoms with van der Waals surface area (Å²) in [4.78, 5) is 23.5. The van der Waals surface area contributed by atoms with E-state index in [0.29, 0.717) is 19.3 Å². The van der Waals surface area contributed by atoms with E-state index in [1.165, 1.54) is 12.1 Å². The van der Waals surface area contributed by atoms with Crippen molar-refractivity contribution in [3.05, 3.63) is 35.6 Å². The minimum Gasteiger partial charge on any atom is -0.480 e. The van der Waals surface area contributed by atoms with Crippen LogP contribution in [0.3, 0.4) is 0 Å². The first-order valence-corrected chi connectivity index (χ1v) is 7.58. The second kappa shape index (κ2) is 6.18. The summed E-state index contributed by atoms with van der Waals surface area (Å²) in [5.74, 6) is -1.42. The number of carboxylic acid groups (broad SMARTS) is 1. The SMILES string of the molecule is CC(C)(C)OC(=O)NC(C(=O)O)C1(Cc2ccc(F)cc2)CC1. The van der Waals surface area contributed by atoms with Crippen molar-refractivity contribution in [1.82, 2.24) is 5.32 Å². The Morgan fingerprint density at radius 2 is 1.87 bits per heavy atom. The van der Waals surface area contributed by atoms with E-state index < -0.39 is 29.1 Å². The van der Waals surface area contributed by atoms with E-state index in [1.54, 1.807) is 32.9 Å². The molecule has 2 rings (SSSR count). The number of alkyl carbamates (subject to hydrolysis) is 1. The summed E-state index contributed by atoms with van der Waals surface area (Å²) in [6.45, 7) is 5.15. The van der Waals surface area contributed by atoms with Crippen LogP contribution in [-0.4, -0.2) is 28.8 Å². The second-order valence-electron chi connectivity index (χ2n) is 7.08. The number of rotatable bonds is 5. The zero-order chi connectivity index (χ0) is 17.3. The Morgan fingerprint density at radius 3 is 2.30 bits per heavy atom. The number of carbonyl (C=O) groups is 2. The highest BCUT2D eigenvalue weighted by molar-refractivity contribution is 5.81. The highest BCUT2D eigenvalue weighted by Gasteiger charge is 2.53. The number of ether oxygens (including phenoxy) is 1. The van der Waals surface area contributed by atoms with Crippen LogP contribution in [0.4, 0.5) is 9.18 Å². The van der Waals surface area contributed by atoms with Crippen molar-refractivity contribution in [3.63, 3.8) is 0 Å². The lowest BCUT2D eigenvalue weighted by Crippen LogP contribution is -2.49. The highest BCUT2D eigenvalue weighted by atomic mass is 19.1. The summed E-state index contributed by atoms with van der Waals surface area (Å²) in [6.07, 6.45) is 1.12. The highest BCUT2D eigenvalue weighted by Crippen LogP contribution is 2.51. The van der Waals surface area contributed by atoms with E-state index in [0.717, 1.165) is 5.56 Å². The number of nitrogens with one attached hydrogen (secondary N) is 1. The van der Waals surface area contributed by atoms with Gasteiger partial charge < -0.3 is 15.2 Å². The lowest BCUT2D eigenvalue weighted by atomic mass is 9.89. The van der Waals surface area contributed by atoms with Crippen LogP contribution in [0.2, 0.25) is 0 Å². The number of carbonyl (C=O) groups excluding carboxylic acids is 1. The summed E-state index contributed by atoms with van der Waals surface area (Å²) in [5, 5.41) is 12.0. The monoisotopic (exact) mass is 323 g/mol. The molecule has 5 nitrogen and oxygen atoms in total. The fourth-order valence-electron chi connectivity index (χ4n) is 2.64. The van der Waals surface area contributed by atoms with Crippen molar-refractivity contribution in [3.8, 4) is 0 Å². The van der Waals surface area contributed by atoms with Gasteiger partial charge in [-0.15, -0.1) is 0 Å². The molecule has 1 atom stereocenters. The first-order chi connectivity index (χ1) is 10.6. The fraction of sp³-hybridized carbons (Fsp3) is 0.529. The van der Waals surface area contributed by atoms with Gasteiger partial charge in [-0.1, -0.05) is 12.1 Å². The average Bonchev–Trinajstić information content (AvgIpc) is 3.17. The minimum absolute atomic E-state index is 0.333. The van der Waals surface area contributed by atoms with Gasteiger partial charge in [-0.25, -0.2) is 14.0 Å². The van der Waals surface area contributed by atoms with Crippen molar-refractivity contribution in [2.45, 2.75) is 51.7 Å². The van der Waals surface area contributed by atoms with E-state index in [9.17, 15) is 19.1 Å². The molecule has 1 amide bonds. The Balaban J connectivity index is 2.09. The Labute approximate surface area is 134 Å². The molecule has 1 aliphatic rings. The first kappa shape index (κ1) is 17.2. The third kappa shape index (κ3) is 4.68. The first-order valence-electron chi connectivity index (χ1n) is 7.58. The van der Waals surface area contributed by atoms with Crippen LogP contribution in [0.15, 0.2) is 24.3 Å². The lowest BCUT2D eigenvalue weighted by Gasteiger charge is -2.27. The number of amides is 1. The molecule has 0 saturated heterocycles. The van der Waals surface area contributed by atoms with E-state index in [2.05, 4.69) is 5.32 Å². The van der Waals surface area contributed by atoms with Crippen molar-refractivity contribution < 1.29 is 23.8 Å². The van der Waals surface area contributed by atoms with Gasteiger partial charge in [-0.3, -0.25) is 0 Å². The summed E-state index contributed by atoms with van der Waals surface area (Å²) in [7, 11) is 0. The lowest BCUT2D eigenvalue weighted by molar-refractivity contribution is -0.141. The maximum Gasteiger partial charge on any atom is 0.408 e. The standard InChI is InChI=1S/C17H22FNO4/c1-16(2,3)23-15(22)19-13(14(20)21)17(8-9-17)10-11-4-6-12(18)7-5-11/h4-7,13H,8-10H2,1-3H3,(H,19,22)(H,20,21). The minimum atomic E-state index is -1.09. The average molecular weight is 323 g/mol. The molecule has 2 N–H and O–H groups in total. The Bertz CT molecular complexity index is 588. The molecule has 1 saturated carbocycles. The topological polar surface area (TPSA) is 75.6 Å². The number of benzene rings is 1. The predicted molar refractivity (Wildman–Crippen MR) is 82.6 cm³/mol. The normalized spacial score (nSPS) is 17.2. The fourth-order valence-corrected chi connectivity index (χ4v) is 2.64. The Hall–Kier alpha value is -2.11.